The van der Waals surface area contributed by atoms with Crippen LogP contribution in [0.5, 0.6) is 11.5 Å². The molecular weight excluding hydrogens is 248 g/mol. The van der Waals surface area contributed by atoms with E-state index in [9.17, 15) is 10.2 Å². The number of hydrogen-bond donors (Lipinski definition) is 2. The molecule has 0 aliphatic carbocycles. The summed E-state index contributed by atoms with van der Waals surface area (Å²) in [5.74, 6) is 0.565. The molecule has 0 heterocycles. The molecule has 3 aromatic carbocycles. The highest BCUT2D eigenvalue weighted by Gasteiger charge is 2.13. The third-order valence-corrected chi connectivity index (χ3v) is 3.79. The van der Waals surface area contributed by atoms with Crippen molar-refractivity contribution in [2.75, 3.05) is 0 Å². The van der Waals surface area contributed by atoms with Crippen LogP contribution < -0.4 is 0 Å². The van der Waals surface area contributed by atoms with Gasteiger partial charge in [0.1, 0.15) is 11.5 Å². The van der Waals surface area contributed by atoms with E-state index in [1.54, 1.807) is 12.1 Å². The van der Waals surface area contributed by atoms with Gasteiger partial charge in [-0.15, -0.1) is 0 Å². The zero-order valence-corrected chi connectivity index (χ0v) is 11.5. The second kappa shape index (κ2) is 4.57. The zero-order chi connectivity index (χ0) is 14.3. The van der Waals surface area contributed by atoms with Crippen LogP contribution >= 0.6 is 0 Å². The van der Waals surface area contributed by atoms with Gasteiger partial charge < -0.3 is 10.2 Å². The molecule has 0 bridgehead atoms. The van der Waals surface area contributed by atoms with Crippen molar-refractivity contribution in [2.45, 2.75) is 13.8 Å². The molecule has 0 radical (unpaired) electrons. The number of rotatable bonds is 1. The van der Waals surface area contributed by atoms with Crippen LogP contribution in [0.3, 0.4) is 0 Å². The molecule has 0 atom stereocenters. The molecule has 0 aromatic heterocycles. The van der Waals surface area contributed by atoms with E-state index in [1.165, 1.54) is 0 Å². The van der Waals surface area contributed by atoms with E-state index in [0.717, 1.165) is 33.0 Å². The third-order valence-electron chi connectivity index (χ3n) is 3.79. The first-order chi connectivity index (χ1) is 9.59. The van der Waals surface area contributed by atoms with Crippen LogP contribution in [0, 0.1) is 13.8 Å². The maximum absolute atomic E-state index is 10.1. The van der Waals surface area contributed by atoms with Crippen molar-refractivity contribution in [1.29, 1.82) is 0 Å². The number of hydrogen-bond acceptors (Lipinski definition) is 2. The SMILES string of the molecule is Cc1cc2c(O)cccc2c(C)c1-c1ccccc1O. The Hall–Kier alpha value is -2.48. The van der Waals surface area contributed by atoms with Gasteiger partial charge >= 0.3 is 0 Å². The molecule has 0 unspecified atom stereocenters. The number of phenols is 2. The average Bonchev–Trinajstić information content (AvgIpc) is 2.42. The maximum atomic E-state index is 10.1. The number of benzene rings is 3. The lowest BCUT2D eigenvalue weighted by Gasteiger charge is -2.15. The van der Waals surface area contributed by atoms with Crippen molar-refractivity contribution in [3.8, 4) is 22.6 Å². The molecule has 0 spiro atoms. The summed E-state index contributed by atoms with van der Waals surface area (Å²) in [5.41, 5.74) is 3.96. The molecule has 100 valence electrons. The van der Waals surface area contributed by atoms with Gasteiger partial charge in [-0.05, 0) is 54.1 Å². The molecule has 0 saturated heterocycles. The Kier molecular flexibility index (Phi) is 2.87. The standard InChI is InChI=1S/C18H16O2/c1-11-10-15-13(7-5-9-17(15)20)12(2)18(11)14-6-3-4-8-16(14)19/h3-10,19-20H,1-2H3. The minimum Gasteiger partial charge on any atom is -0.507 e. The number of fused-ring (bicyclic) bond motifs is 1. The van der Waals surface area contributed by atoms with E-state index in [0.29, 0.717) is 0 Å². The minimum atomic E-state index is 0.276. The van der Waals surface area contributed by atoms with Crippen LogP contribution in [0.15, 0.2) is 48.5 Å². The second-order valence-electron chi connectivity index (χ2n) is 5.08. The highest BCUT2D eigenvalue weighted by Crippen LogP contribution is 2.39. The van der Waals surface area contributed by atoms with Crippen LogP contribution in [-0.4, -0.2) is 10.2 Å². The summed E-state index contributed by atoms with van der Waals surface area (Å²) in [4.78, 5) is 0. The Bertz CT molecular complexity index is 804. The van der Waals surface area contributed by atoms with Crippen LogP contribution in [-0.2, 0) is 0 Å². The average molecular weight is 264 g/mol. The molecule has 20 heavy (non-hydrogen) atoms. The quantitative estimate of drug-likeness (QED) is 0.677. The summed E-state index contributed by atoms with van der Waals surface area (Å²) < 4.78 is 0. The molecule has 3 rings (SSSR count). The summed E-state index contributed by atoms with van der Waals surface area (Å²) in [6, 6.07) is 14.8. The van der Waals surface area contributed by atoms with Gasteiger partial charge in [-0.25, -0.2) is 0 Å². The van der Waals surface area contributed by atoms with Crippen molar-refractivity contribution in [2.24, 2.45) is 0 Å². The number of aromatic hydroxyl groups is 2. The molecule has 2 nitrogen and oxygen atoms in total. The first kappa shape index (κ1) is 12.5. The monoisotopic (exact) mass is 264 g/mol. The minimum absolute atomic E-state index is 0.276. The Morgan fingerprint density at radius 1 is 0.750 bits per heavy atom. The van der Waals surface area contributed by atoms with Crippen molar-refractivity contribution in [3.05, 3.63) is 59.7 Å². The highest BCUT2D eigenvalue weighted by atomic mass is 16.3. The van der Waals surface area contributed by atoms with Gasteiger partial charge in [-0.1, -0.05) is 30.3 Å². The van der Waals surface area contributed by atoms with E-state index in [-0.39, 0.29) is 11.5 Å². The fraction of sp³-hybridized carbons (Fsp3) is 0.111. The van der Waals surface area contributed by atoms with E-state index in [1.807, 2.05) is 50.2 Å². The molecular formula is C18H16O2. The van der Waals surface area contributed by atoms with Gasteiger partial charge in [0.2, 0.25) is 0 Å². The fourth-order valence-corrected chi connectivity index (χ4v) is 2.85. The molecule has 0 aliphatic rings. The summed E-state index contributed by atoms with van der Waals surface area (Å²) in [7, 11) is 0. The molecule has 3 aromatic rings. The summed E-state index contributed by atoms with van der Waals surface area (Å²) in [6.45, 7) is 4.03. The molecule has 2 heteroatoms. The lowest BCUT2D eigenvalue weighted by atomic mass is 9.90. The van der Waals surface area contributed by atoms with E-state index in [2.05, 4.69) is 0 Å². The van der Waals surface area contributed by atoms with Gasteiger partial charge in [0.05, 0.1) is 0 Å². The maximum Gasteiger partial charge on any atom is 0.123 e. The zero-order valence-electron chi connectivity index (χ0n) is 11.5. The van der Waals surface area contributed by atoms with E-state index >= 15 is 0 Å². The summed E-state index contributed by atoms with van der Waals surface area (Å²) in [6.07, 6.45) is 0. The van der Waals surface area contributed by atoms with Gasteiger partial charge in [-0.3, -0.25) is 0 Å². The normalized spacial score (nSPS) is 10.9. The van der Waals surface area contributed by atoms with Crippen molar-refractivity contribution >= 4 is 10.8 Å². The van der Waals surface area contributed by atoms with E-state index in [4.69, 9.17) is 0 Å². The number of para-hydroxylation sites is 1. The Morgan fingerprint density at radius 3 is 2.20 bits per heavy atom. The predicted octanol–water partition coefficient (Wildman–Crippen LogP) is 4.53. The van der Waals surface area contributed by atoms with Crippen LogP contribution in [0.4, 0.5) is 0 Å². The smallest absolute Gasteiger partial charge is 0.123 e. The molecule has 2 N–H and O–H groups in total. The van der Waals surface area contributed by atoms with Crippen molar-refractivity contribution in [3.63, 3.8) is 0 Å². The van der Waals surface area contributed by atoms with Crippen molar-refractivity contribution in [1.82, 2.24) is 0 Å². The second-order valence-corrected chi connectivity index (χ2v) is 5.08. The Morgan fingerprint density at radius 2 is 1.45 bits per heavy atom. The van der Waals surface area contributed by atoms with Gasteiger partial charge in [0.15, 0.2) is 0 Å². The topological polar surface area (TPSA) is 40.5 Å². The molecule has 0 amide bonds. The summed E-state index contributed by atoms with van der Waals surface area (Å²) >= 11 is 0. The van der Waals surface area contributed by atoms with Gasteiger partial charge in [-0.2, -0.15) is 0 Å². The van der Waals surface area contributed by atoms with Gasteiger partial charge in [0, 0.05) is 10.9 Å². The first-order valence-corrected chi connectivity index (χ1v) is 6.60. The number of aryl methyl sites for hydroxylation is 2. The van der Waals surface area contributed by atoms with E-state index < -0.39 is 0 Å². The van der Waals surface area contributed by atoms with Crippen LogP contribution in [0.2, 0.25) is 0 Å². The molecule has 0 fully saturated rings. The lowest BCUT2D eigenvalue weighted by Crippen LogP contribution is -1.91. The Labute approximate surface area is 117 Å². The highest BCUT2D eigenvalue weighted by molar-refractivity contribution is 5.97. The predicted molar refractivity (Wildman–Crippen MR) is 82.2 cm³/mol. The molecule has 0 aliphatic heterocycles. The van der Waals surface area contributed by atoms with Gasteiger partial charge in [0.25, 0.3) is 0 Å². The fourth-order valence-electron chi connectivity index (χ4n) is 2.85. The lowest BCUT2D eigenvalue weighted by molar-refractivity contribution is 0.477. The third kappa shape index (κ3) is 1.81. The summed E-state index contributed by atoms with van der Waals surface area (Å²) in [5, 5.41) is 21.9. The van der Waals surface area contributed by atoms with Crippen molar-refractivity contribution < 1.29 is 10.2 Å². The Balaban J connectivity index is 2.41. The largest absolute Gasteiger partial charge is 0.507 e. The van der Waals surface area contributed by atoms with Crippen LogP contribution in [0.25, 0.3) is 21.9 Å². The van der Waals surface area contributed by atoms with Crippen LogP contribution in [0.1, 0.15) is 11.1 Å². The molecule has 0 saturated carbocycles. The first-order valence-electron chi connectivity index (χ1n) is 6.60. The number of phenolic OH excluding ortho intramolecular Hbond substituents is 2.